The zero-order valence-electron chi connectivity index (χ0n) is 10.4. The number of carboxylic acids is 1. The SMILES string of the molecule is CC(C)CN(CCC(=O)O)C(=O)c1ccc(Cl)s1. The van der Waals surface area contributed by atoms with E-state index in [2.05, 4.69) is 0 Å². The van der Waals surface area contributed by atoms with Gasteiger partial charge >= 0.3 is 5.97 Å². The lowest BCUT2D eigenvalue weighted by atomic mass is 10.2. The number of hydrogen-bond acceptors (Lipinski definition) is 3. The van der Waals surface area contributed by atoms with E-state index in [9.17, 15) is 9.59 Å². The number of carbonyl (C=O) groups excluding carboxylic acids is 1. The number of nitrogens with zero attached hydrogens (tertiary/aromatic N) is 1. The number of amides is 1. The van der Waals surface area contributed by atoms with Crippen LogP contribution in [0.3, 0.4) is 0 Å². The summed E-state index contributed by atoms with van der Waals surface area (Å²) in [6.45, 7) is 4.74. The summed E-state index contributed by atoms with van der Waals surface area (Å²) in [6.07, 6.45) is -0.0441. The van der Waals surface area contributed by atoms with E-state index in [1.807, 2.05) is 13.8 Å². The van der Waals surface area contributed by atoms with Crippen LogP contribution < -0.4 is 0 Å². The summed E-state index contributed by atoms with van der Waals surface area (Å²) in [7, 11) is 0. The zero-order chi connectivity index (χ0) is 13.7. The Balaban J connectivity index is 2.75. The highest BCUT2D eigenvalue weighted by molar-refractivity contribution is 7.17. The first kappa shape index (κ1) is 15.0. The minimum atomic E-state index is -0.902. The van der Waals surface area contributed by atoms with Crippen molar-refractivity contribution in [3.8, 4) is 0 Å². The van der Waals surface area contributed by atoms with Gasteiger partial charge in [0.15, 0.2) is 0 Å². The molecule has 0 spiro atoms. The van der Waals surface area contributed by atoms with Gasteiger partial charge in [0.2, 0.25) is 0 Å². The minimum absolute atomic E-state index is 0.0441. The Bertz CT molecular complexity index is 431. The van der Waals surface area contributed by atoms with Crippen LogP contribution in [0.5, 0.6) is 0 Å². The topological polar surface area (TPSA) is 57.6 Å². The summed E-state index contributed by atoms with van der Waals surface area (Å²) < 4.78 is 0.557. The quantitative estimate of drug-likeness (QED) is 0.876. The van der Waals surface area contributed by atoms with Gasteiger partial charge in [-0.2, -0.15) is 0 Å². The number of rotatable bonds is 6. The van der Waals surface area contributed by atoms with E-state index < -0.39 is 5.97 Å². The number of carbonyl (C=O) groups is 2. The van der Waals surface area contributed by atoms with Crippen LogP contribution in [0.1, 0.15) is 29.9 Å². The lowest BCUT2D eigenvalue weighted by molar-refractivity contribution is -0.137. The first-order chi connectivity index (χ1) is 8.40. The van der Waals surface area contributed by atoms with E-state index >= 15 is 0 Å². The third kappa shape index (κ3) is 4.66. The molecule has 0 unspecified atom stereocenters. The van der Waals surface area contributed by atoms with Crippen LogP contribution in [0.15, 0.2) is 12.1 Å². The van der Waals surface area contributed by atoms with Gasteiger partial charge in [-0.15, -0.1) is 11.3 Å². The molecule has 0 aliphatic carbocycles. The second-order valence-corrected chi connectivity index (χ2v) is 6.11. The Hall–Kier alpha value is -1.07. The molecule has 6 heteroatoms. The third-order valence-corrected chi connectivity index (χ3v) is 3.47. The number of halogens is 1. The van der Waals surface area contributed by atoms with Crippen LogP contribution >= 0.6 is 22.9 Å². The Kier molecular flexibility index (Phi) is 5.62. The molecule has 0 bridgehead atoms. The molecule has 0 radical (unpaired) electrons. The monoisotopic (exact) mass is 289 g/mol. The fraction of sp³-hybridized carbons (Fsp3) is 0.500. The van der Waals surface area contributed by atoms with Gasteiger partial charge < -0.3 is 10.0 Å². The highest BCUT2D eigenvalue weighted by Crippen LogP contribution is 2.23. The molecule has 1 N–H and O–H groups in total. The summed E-state index contributed by atoms with van der Waals surface area (Å²) in [5.74, 6) is -0.763. The smallest absolute Gasteiger partial charge is 0.305 e. The first-order valence-electron chi connectivity index (χ1n) is 5.66. The van der Waals surface area contributed by atoms with Crippen molar-refractivity contribution in [2.24, 2.45) is 5.92 Å². The van der Waals surface area contributed by atoms with Crippen molar-refractivity contribution in [3.63, 3.8) is 0 Å². The van der Waals surface area contributed by atoms with E-state index in [1.54, 1.807) is 17.0 Å². The van der Waals surface area contributed by atoms with Gasteiger partial charge in [0.25, 0.3) is 5.91 Å². The normalized spacial score (nSPS) is 10.7. The molecule has 0 aromatic carbocycles. The third-order valence-electron chi connectivity index (χ3n) is 2.25. The van der Waals surface area contributed by atoms with Crippen LogP contribution in [0.4, 0.5) is 0 Å². The van der Waals surface area contributed by atoms with Crippen molar-refractivity contribution in [2.45, 2.75) is 20.3 Å². The molecule has 1 aromatic heterocycles. The highest BCUT2D eigenvalue weighted by atomic mass is 35.5. The van der Waals surface area contributed by atoms with E-state index in [0.29, 0.717) is 15.8 Å². The molecule has 18 heavy (non-hydrogen) atoms. The Labute approximate surface area is 115 Å². The first-order valence-corrected chi connectivity index (χ1v) is 6.86. The molecule has 0 aliphatic rings. The Morgan fingerprint density at radius 2 is 2.11 bits per heavy atom. The summed E-state index contributed by atoms with van der Waals surface area (Å²) >= 11 is 7.01. The molecule has 1 aromatic rings. The molecule has 0 atom stereocenters. The number of aliphatic carboxylic acids is 1. The van der Waals surface area contributed by atoms with E-state index in [-0.39, 0.29) is 24.8 Å². The Morgan fingerprint density at radius 1 is 1.44 bits per heavy atom. The van der Waals surface area contributed by atoms with Crippen molar-refractivity contribution in [3.05, 3.63) is 21.3 Å². The average molecular weight is 290 g/mol. The van der Waals surface area contributed by atoms with Crippen LogP contribution in [-0.4, -0.2) is 35.0 Å². The van der Waals surface area contributed by atoms with Crippen molar-refractivity contribution < 1.29 is 14.7 Å². The fourth-order valence-electron chi connectivity index (χ4n) is 1.53. The second kappa shape index (κ2) is 6.75. The fourth-order valence-corrected chi connectivity index (χ4v) is 2.54. The molecular formula is C12H16ClNO3S. The van der Waals surface area contributed by atoms with Crippen molar-refractivity contribution in [1.82, 2.24) is 4.90 Å². The van der Waals surface area contributed by atoms with E-state index in [0.717, 1.165) is 0 Å². The van der Waals surface area contributed by atoms with Crippen molar-refractivity contribution in [1.29, 1.82) is 0 Å². The number of thiophene rings is 1. The van der Waals surface area contributed by atoms with Crippen molar-refractivity contribution in [2.75, 3.05) is 13.1 Å². The maximum atomic E-state index is 12.2. The van der Waals surface area contributed by atoms with Gasteiger partial charge in [-0.1, -0.05) is 25.4 Å². The molecule has 0 aliphatic heterocycles. The zero-order valence-corrected chi connectivity index (χ0v) is 11.9. The summed E-state index contributed by atoms with van der Waals surface area (Å²) in [5, 5.41) is 8.70. The van der Waals surface area contributed by atoms with Gasteiger partial charge in [0, 0.05) is 13.1 Å². The molecule has 0 saturated heterocycles. The van der Waals surface area contributed by atoms with Gasteiger partial charge in [-0.25, -0.2) is 0 Å². The van der Waals surface area contributed by atoms with Gasteiger partial charge in [0.1, 0.15) is 0 Å². The number of carboxylic acid groups (broad SMARTS) is 1. The lowest BCUT2D eigenvalue weighted by Gasteiger charge is -2.23. The summed E-state index contributed by atoms with van der Waals surface area (Å²) in [5.41, 5.74) is 0. The molecule has 1 heterocycles. The molecule has 1 amide bonds. The minimum Gasteiger partial charge on any atom is -0.481 e. The highest BCUT2D eigenvalue weighted by Gasteiger charge is 2.19. The lowest BCUT2D eigenvalue weighted by Crippen LogP contribution is -2.35. The molecule has 0 saturated carbocycles. The molecule has 4 nitrogen and oxygen atoms in total. The van der Waals surface area contributed by atoms with Crippen LogP contribution in [0.2, 0.25) is 4.34 Å². The van der Waals surface area contributed by atoms with E-state index in [1.165, 1.54) is 11.3 Å². The predicted molar refractivity (Wildman–Crippen MR) is 72.3 cm³/mol. The average Bonchev–Trinajstić information content (AvgIpc) is 2.69. The van der Waals surface area contributed by atoms with Gasteiger partial charge in [-0.3, -0.25) is 9.59 Å². The van der Waals surface area contributed by atoms with Gasteiger partial charge in [-0.05, 0) is 18.1 Å². The van der Waals surface area contributed by atoms with E-state index in [4.69, 9.17) is 16.7 Å². The van der Waals surface area contributed by atoms with Crippen LogP contribution in [0, 0.1) is 5.92 Å². The maximum absolute atomic E-state index is 12.2. The predicted octanol–water partition coefficient (Wildman–Crippen LogP) is 2.97. The summed E-state index contributed by atoms with van der Waals surface area (Å²) in [6, 6.07) is 3.34. The largest absolute Gasteiger partial charge is 0.481 e. The maximum Gasteiger partial charge on any atom is 0.305 e. The van der Waals surface area contributed by atoms with Crippen molar-refractivity contribution >= 4 is 34.8 Å². The molecular weight excluding hydrogens is 274 g/mol. The standard InChI is InChI=1S/C12H16ClNO3S/c1-8(2)7-14(6-5-11(15)16)12(17)9-3-4-10(13)18-9/h3-4,8H,5-7H2,1-2H3,(H,15,16). The molecule has 1 rings (SSSR count). The number of hydrogen-bond donors (Lipinski definition) is 1. The van der Waals surface area contributed by atoms with Gasteiger partial charge in [0.05, 0.1) is 15.6 Å². The van der Waals surface area contributed by atoms with Crippen LogP contribution in [-0.2, 0) is 4.79 Å². The molecule has 100 valence electrons. The summed E-state index contributed by atoms with van der Waals surface area (Å²) in [4.78, 5) is 24.9. The van der Waals surface area contributed by atoms with Crippen LogP contribution in [0.25, 0.3) is 0 Å². The second-order valence-electron chi connectivity index (χ2n) is 4.39. The Morgan fingerprint density at radius 3 is 2.56 bits per heavy atom. The molecule has 0 fully saturated rings.